The molecule has 0 radical (unpaired) electrons. The highest BCUT2D eigenvalue weighted by atomic mass is 16.6. The lowest BCUT2D eigenvalue weighted by Gasteiger charge is -2.40. The van der Waals surface area contributed by atoms with E-state index < -0.39 is 23.8 Å². The summed E-state index contributed by atoms with van der Waals surface area (Å²) in [6, 6.07) is -0.854. The van der Waals surface area contributed by atoms with E-state index in [-0.39, 0.29) is 17.7 Å². The highest BCUT2D eigenvalue weighted by Crippen LogP contribution is 2.31. The number of amides is 2. The molecule has 2 amide bonds. The maximum Gasteiger partial charge on any atom is 0.304 e. The van der Waals surface area contributed by atoms with Gasteiger partial charge in [-0.05, 0) is 25.7 Å². The van der Waals surface area contributed by atoms with E-state index >= 15 is 0 Å². The van der Waals surface area contributed by atoms with Gasteiger partial charge >= 0.3 is 5.97 Å². The second-order valence-corrected chi connectivity index (χ2v) is 6.11. The van der Waals surface area contributed by atoms with Crippen LogP contribution in [-0.2, 0) is 19.1 Å². The zero-order chi connectivity index (χ0) is 15.6. The molecule has 1 aliphatic heterocycles. The molecule has 1 saturated heterocycles. The molecule has 2 aliphatic rings. The molecule has 1 heterocycles. The standard InChI is InChI=1S/C14H23N3O4/c1-8(18)21-12-10(11(19)17-12)16-13(20)14(2,15)9-6-4-3-5-7-9/h9-10,12H,3-7,15H2,1-2H3,(H,16,20)(H,17,19)/t10-,12+,14+/m1/s1. The number of esters is 1. The van der Waals surface area contributed by atoms with E-state index in [1.165, 1.54) is 13.3 Å². The Hall–Kier alpha value is -1.63. The third-order valence-electron chi connectivity index (χ3n) is 4.39. The molecule has 21 heavy (non-hydrogen) atoms. The Morgan fingerprint density at radius 3 is 2.48 bits per heavy atom. The molecule has 0 aromatic carbocycles. The molecule has 0 aromatic rings. The van der Waals surface area contributed by atoms with Crippen molar-refractivity contribution in [2.45, 2.75) is 63.8 Å². The van der Waals surface area contributed by atoms with Crippen LogP contribution < -0.4 is 16.4 Å². The van der Waals surface area contributed by atoms with E-state index in [1.54, 1.807) is 6.92 Å². The second kappa shape index (κ2) is 6.01. The van der Waals surface area contributed by atoms with Gasteiger partial charge in [-0.3, -0.25) is 14.4 Å². The van der Waals surface area contributed by atoms with E-state index in [9.17, 15) is 14.4 Å². The van der Waals surface area contributed by atoms with Crippen LogP contribution in [0.25, 0.3) is 0 Å². The van der Waals surface area contributed by atoms with Gasteiger partial charge in [-0.25, -0.2) is 0 Å². The van der Waals surface area contributed by atoms with E-state index in [4.69, 9.17) is 10.5 Å². The summed E-state index contributed by atoms with van der Waals surface area (Å²) in [5.74, 6) is -1.14. The molecule has 7 heteroatoms. The summed E-state index contributed by atoms with van der Waals surface area (Å²) in [6.45, 7) is 2.95. The molecule has 0 aromatic heterocycles. The third kappa shape index (κ3) is 3.34. The fourth-order valence-corrected chi connectivity index (χ4v) is 2.96. The number of rotatable bonds is 4. The van der Waals surface area contributed by atoms with Crippen LogP contribution in [0.1, 0.15) is 46.0 Å². The van der Waals surface area contributed by atoms with Gasteiger partial charge in [0.05, 0.1) is 5.54 Å². The molecule has 0 bridgehead atoms. The summed E-state index contributed by atoms with van der Waals surface area (Å²) in [5, 5.41) is 5.03. The molecular weight excluding hydrogens is 274 g/mol. The van der Waals surface area contributed by atoms with E-state index in [1.807, 2.05) is 0 Å². The molecule has 3 atom stereocenters. The summed E-state index contributed by atoms with van der Waals surface area (Å²) in [6.07, 6.45) is 4.36. The predicted molar refractivity (Wildman–Crippen MR) is 74.8 cm³/mol. The van der Waals surface area contributed by atoms with Gasteiger partial charge < -0.3 is 21.1 Å². The molecule has 1 aliphatic carbocycles. The zero-order valence-corrected chi connectivity index (χ0v) is 12.5. The Labute approximate surface area is 124 Å². The van der Waals surface area contributed by atoms with Crippen LogP contribution >= 0.6 is 0 Å². The van der Waals surface area contributed by atoms with Gasteiger partial charge in [-0.1, -0.05) is 19.3 Å². The first-order chi connectivity index (χ1) is 9.82. The monoisotopic (exact) mass is 297 g/mol. The zero-order valence-electron chi connectivity index (χ0n) is 12.5. The molecule has 7 nitrogen and oxygen atoms in total. The average Bonchev–Trinajstić information content (AvgIpc) is 2.44. The SMILES string of the molecule is CC(=O)O[C@@H]1NC(=O)[C@H]1NC(=O)[C@@](C)(N)C1CCCCC1. The van der Waals surface area contributed by atoms with Gasteiger partial charge in [-0.2, -0.15) is 0 Å². The van der Waals surface area contributed by atoms with Gasteiger partial charge in [0.2, 0.25) is 12.1 Å². The number of nitrogens with one attached hydrogen (secondary N) is 2. The van der Waals surface area contributed by atoms with Crippen molar-refractivity contribution in [3.8, 4) is 0 Å². The maximum absolute atomic E-state index is 12.4. The minimum Gasteiger partial charge on any atom is -0.439 e. The van der Waals surface area contributed by atoms with Crippen LogP contribution in [0.2, 0.25) is 0 Å². The normalized spacial score (nSPS) is 28.8. The van der Waals surface area contributed by atoms with E-state index in [0.717, 1.165) is 25.7 Å². The Morgan fingerprint density at radius 1 is 1.33 bits per heavy atom. The molecular formula is C14H23N3O4. The number of ether oxygens (including phenoxy) is 1. The average molecular weight is 297 g/mol. The van der Waals surface area contributed by atoms with Crippen LogP contribution in [0.15, 0.2) is 0 Å². The molecule has 2 fully saturated rings. The lowest BCUT2D eigenvalue weighted by Crippen LogP contribution is -2.73. The summed E-state index contributed by atoms with van der Waals surface area (Å²) in [7, 11) is 0. The van der Waals surface area contributed by atoms with Crippen LogP contribution in [0.3, 0.4) is 0 Å². The highest BCUT2D eigenvalue weighted by molar-refractivity contribution is 5.96. The van der Waals surface area contributed by atoms with Crippen molar-refractivity contribution < 1.29 is 19.1 Å². The molecule has 4 N–H and O–H groups in total. The third-order valence-corrected chi connectivity index (χ3v) is 4.39. The van der Waals surface area contributed by atoms with Crippen molar-refractivity contribution in [1.29, 1.82) is 0 Å². The maximum atomic E-state index is 12.4. The number of nitrogens with two attached hydrogens (primary N) is 1. The number of hydrogen-bond acceptors (Lipinski definition) is 5. The summed E-state index contributed by atoms with van der Waals surface area (Å²) >= 11 is 0. The van der Waals surface area contributed by atoms with E-state index in [2.05, 4.69) is 10.6 Å². The van der Waals surface area contributed by atoms with E-state index in [0.29, 0.717) is 0 Å². The topological polar surface area (TPSA) is 111 Å². The fraction of sp³-hybridized carbons (Fsp3) is 0.786. The molecule has 118 valence electrons. The van der Waals surface area contributed by atoms with Crippen LogP contribution in [0.5, 0.6) is 0 Å². The number of carbonyl (C=O) groups excluding carboxylic acids is 3. The minimum absolute atomic E-state index is 0.113. The number of β-lactam (4-membered cyclic amide) rings is 1. The van der Waals surface area contributed by atoms with Crippen LogP contribution in [0.4, 0.5) is 0 Å². The smallest absolute Gasteiger partial charge is 0.304 e. The largest absolute Gasteiger partial charge is 0.439 e. The Balaban J connectivity index is 1.95. The Morgan fingerprint density at radius 2 is 1.95 bits per heavy atom. The van der Waals surface area contributed by atoms with Gasteiger partial charge in [-0.15, -0.1) is 0 Å². The lowest BCUT2D eigenvalue weighted by atomic mass is 9.75. The molecule has 0 unspecified atom stereocenters. The van der Waals surface area contributed by atoms with Crippen molar-refractivity contribution in [3.63, 3.8) is 0 Å². The predicted octanol–water partition coefficient (Wildman–Crippen LogP) is -0.212. The first-order valence-corrected chi connectivity index (χ1v) is 7.40. The first kappa shape index (κ1) is 15.8. The number of carbonyl (C=O) groups is 3. The number of hydrogen-bond donors (Lipinski definition) is 3. The van der Waals surface area contributed by atoms with Crippen LogP contribution in [0, 0.1) is 5.92 Å². The summed E-state index contributed by atoms with van der Waals surface area (Å²) in [4.78, 5) is 34.8. The van der Waals surface area contributed by atoms with Crippen molar-refractivity contribution >= 4 is 17.8 Å². The van der Waals surface area contributed by atoms with Crippen LogP contribution in [-0.4, -0.2) is 35.6 Å². The van der Waals surface area contributed by atoms with Gasteiger partial charge in [0.25, 0.3) is 5.91 Å². The molecule has 0 spiro atoms. The fourth-order valence-electron chi connectivity index (χ4n) is 2.96. The highest BCUT2D eigenvalue weighted by Gasteiger charge is 2.46. The lowest BCUT2D eigenvalue weighted by molar-refractivity contribution is -0.165. The summed E-state index contributed by atoms with van der Waals surface area (Å²) in [5.41, 5.74) is 5.19. The second-order valence-electron chi connectivity index (χ2n) is 6.11. The summed E-state index contributed by atoms with van der Waals surface area (Å²) < 4.78 is 4.90. The Kier molecular flexibility index (Phi) is 4.51. The molecule has 1 saturated carbocycles. The Bertz CT molecular complexity index is 444. The van der Waals surface area contributed by atoms with Gasteiger partial charge in [0.15, 0.2) is 6.04 Å². The first-order valence-electron chi connectivity index (χ1n) is 7.40. The molecule has 2 rings (SSSR count). The van der Waals surface area contributed by atoms with Crippen molar-refractivity contribution in [2.24, 2.45) is 11.7 Å². The van der Waals surface area contributed by atoms with Gasteiger partial charge in [0, 0.05) is 6.92 Å². The minimum atomic E-state index is -1.02. The van der Waals surface area contributed by atoms with Crippen molar-refractivity contribution in [1.82, 2.24) is 10.6 Å². The van der Waals surface area contributed by atoms with Crippen molar-refractivity contribution in [2.75, 3.05) is 0 Å². The quantitative estimate of drug-likeness (QED) is 0.491. The van der Waals surface area contributed by atoms with Gasteiger partial charge in [0.1, 0.15) is 0 Å². The van der Waals surface area contributed by atoms with Crippen molar-refractivity contribution in [3.05, 3.63) is 0 Å².